The third-order valence-electron chi connectivity index (χ3n) is 3.23. The topological polar surface area (TPSA) is 52.6 Å². The molecule has 1 aromatic heterocycles. The van der Waals surface area contributed by atoms with Gasteiger partial charge < -0.3 is 15.5 Å². The quantitative estimate of drug-likeness (QED) is 0.358. The van der Waals surface area contributed by atoms with Crippen LogP contribution in [0.25, 0.3) is 0 Å². The zero-order valence-electron chi connectivity index (χ0n) is 15.2. The second kappa shape index (κ2) is 11.9. The minimum absolute atomic E-state index is 0. The molecule has 1 aromatic rings. The van der Waals surface area contributed by atoms with Gasteiger partial charge in [-0.15, -0.1) is 35.3 Å². The summed E-state index contributed by atoms with van der Waals surface area (Å²) in [6, 6.07) is 0.424. The number of guanidine groups is 1. The molecular formula is C16H32IN5S. The van der Waals surface area contributed by atoms with Gasteiger partial charge in [-0.2, -0.15) is 0 Å². The van der Waals surface area contributed by atoms with Crippen molar-refractivity contribution >= 4 is 46.4 Å². The fourth-order valence-corrected chi connectivity index (χ4v) is 2.69. The standard InChI is InChI=1S/C16H31N5S.HI/c1-7-17-15(19-13(4)9-8-12(2)3)18-10-14-11-22-16(20-14)21(5)6;/h11-13H,7-10H2,1-6H3,(H2,17,18,19);1H. The van der Waals surface area contributed by atoms with Crippen LogP contribution in [-0.4, -0.2) is 37.6 Å². The highest BCUT2D eigenvalue weighted by Gasteiger charge is 2.07. The molecule has 0 saturated heterocycles. The average Bonchev–Trinajstić information content (AvgIpc) is 2.92. The summed E-state index contributed by atoms with van der Waals surface area (Å²) in [6.07, 6.45) is 2.38. The van der Waals surface area contributed by atoms with Crippen LogP contribution < -0.4 is 15.5 Å². The number of hydrogen-bond acceptors (Lipinski definition) is 4. The molecule has 0 aliphatic heterocycles. The monoisotopic (exact) mass is 453 g/mol. The number of nitrogens with zero attached hydrogens (tertiary/aromatic N) is 3. The maximum atomic E-state index is 4.64. The lowest BCUT2D eigenvalue weighted by Crippen LogP contribution is -2.42. The molecule has 0 fully saturated rings. The zero-order valence-corrected chi connectivity index (χ0v) is 18.4. The minimum atomic E-state index is 0. The van der Waals surface area contributed by atoms with E-state index in [4.69, 9.17) is 0 Å². The number of aromatic nitrogens is 1. The lowest BCUT2D eigenvalue weighted by Gasteiger charge is -2.18. The van der Waals surface area contributed by atoms with E-state index in [1.54, 1.807) is 11.3 Å². The Kier molecular flexibility index (Phi) is 11.6. The van der Waals surface area contributed by atoms with Gasteiger partial charge in [0.15, 0.2) is 11.1 Å². The molecule has 0 aromatic carbocycles. The maximum absolute atomic E-state index is 4.64. The number of thiazole rings is 1. The summed E-state index contributed by atoms with van der Waals surface area (Å²) in [7, 11) is 4.02. The number of nitrogens with one attached hydrogen (secondary N) is 2. The Morgan fingerprint density at radius 3 is 2.52 bits per heavy atom. The molecule has 0 aliphatic carbocycles. The molecule has 0 bridgehead atoms. The summed E-state index contributed by atoms with van der Waals surface area (Å²) in [6.45, 7) is 10.3. The van der Waals surface area contributed by atoms with Crippen molar-refractivity contribution in [3.05, 3.63) is 11.1 Å². The normalized spacial score (nSPS) is 12.7. The number of anilines is 1. The van der Waals surface area contributed by atoms with E-state index in [1.165, 1.54) is 6.42 Å². The summed E-state index contributed by atoms with van der Waals surface area (Å²) >= 11 is 1.65. The summed E-state index contributed by atoms with van der Waals surface area (Å²) in [4.78, 5) is 11.2. The molecule has 23 heavy (non-hydrogen) atoms. The second-order valence-electron chi connectivity index (χ2n) is 6.23. The van der Waals surface area contributed by atoms with Crippen molar-refractivity contribution in [2.75, 3.05) is 25.5 Å². The molecule has 1 atom stereocenters. The molecule has 0 radical (unpaired) electrons. The van der Waals surface area contributed by atoms with Crippen molar-refractivity contribution in [2.45, 2.75) is 53.1 Å². The predicted molar refractivity (Wildman–Crippen MR) is 113 cm³/mol. The van der Waals surface area contributed by atoms with Gasteiger partial charge in [0, 0.05) is 32.1 Å². The van der Waals surface area contributed by atoms with Gasteiger partial charge in [-0.1, -0.05) is 13.8 Å². The van der Waals surface area contributed by atoms with Crippen LogP contribution in [0.15, 0.2) is 10.4 Å². The lowest BCUT2D eigenvalue weighted by molar-refractivity contribution is 0.489. The van der Waals surface area contributed by atoms with Crippen molar-refractivity contribution in [2.24, 2.45) is 10.9 Å². The van der Waals surface area contributed by atoms with E-state index in [0.717, 1.165) is 35.7 Å². The summed E-state index contributed by atoms with van der Waals surface area (Å²) in [5, 5.41) is 9.88. The molecule has 1 rings (SSSR count). The average molecular weight is 453 g/mol. The highest BCUT2D eigenvalue weighted by atomic mass is 127. The molecule has 0 amide bonds. The molecular weight excluding hydrogens is 421 g/mol. The third-order valence-corrected chi connectivity index (χ3v) is 4.28. The Balaban J connectivity index is 0.00000484. The molecule has 0 spiro atoms. The number of rotatable bonds is 8. The van der Waals surface area contributed by atoms with Crippen LogP contribution in [0.2, 0.25) is 0 Å². The Morgan fingerprint density at radius 1 is 1.30 bits per heavy atom. The minimum Gasteiger partial charge on any atom is -0.357 e. The Morgan fingerprint density at radius 2 is 2.00 bits per heavy atom. The summed E-state index contributed by atoms with van der Waals surface area (Å²) in [5.74, 6) is 1.61. The highest BCUT2D eigenvalue weighted by Crippen LogP contribution is 2.18. The van der Waals surface area contributed by atoms with Crippen LogP contribution in [0.3, 0.4) is 0 Å². The van der Waals surface area contributed by atoms with E-state index in [1.807, 2.05) is 19.0 Å². The summed E-state index contributed by atoms with van der Waals surface area (Å²) in [5.41, 5.74) is 1.01. The summed E-state index contributed by atoms with van der Waals surface area (Å²) < 4.78 is 0. The zero-order chi connectivity index (χ0) is 16.5. The van der Waals surface area contributed by atoms with E-state index in [-0.39, 0.29) is 24.0 Å². The molecule has 1 unspecified atom stereocenters. The highest BCUT2D eigenvalue weighted by molar-refractivity contribution is 14.0. The first-order chi connectivity index (χ1) is 10.4. The lowest BCUT2D eigenvalue weighted by atomic mass is 10.0. The molecule has 1 heterocycles. The van der Waals surface area contributed by atoms with Crippen LogP contribution in [0.4, 0.5) is 5.13 Å². The van der Waals surface area contributed by atoms with Gasteiger partial charge in [0.25, 0.3) is 0 Å². The van der Waals surface area contributed by atoms with Gasteiger partial charge in [0.2, 0.25) is 0 Å². The first-order valence-corrected chi connectivity index (χ1v) is 8.96. The number of halogens is 1. The largest absolute Gasteiger partial charge is 0.357 e. The van der Waals surface area contributed by atoms with Crippen molar-refractivity contribution in [3.63, 3.8) is 0 Å². The van der Waals surface area contributed by atoms with Crippen LogP contribution in [-0.2, 0) is 6.54 Å². The van der Waals surface area contributed by atoms with Gasteiger partial charge in [0.05, 0.1) is 12.2 Å². The third kappa shape index (κ3) is 9.34. The fourth-order valence-electron chi connectivity index (χ4n) is 1.94. The van der Waals surface area contributed by atoms with Crippen LogP contribution >= 0.6 is 35.3 Å². The second-order valence-corrected chi connectivity index (χ2v) is 7.06. The van der Waals surface area contributed by atoms with Crippen molar-refractivity contribution < 1.29 is 0 Å². The van der Waals surface area contributed by atoms with Gasteiger partial charge in [-0.05, 0) is 32.6 Å². The van der Waals surface area contributed by atoms with Gasteiger partial charge in [0.1, 0.15) is 0 Å². The molecule has 5 nitrogen and oxygen atoms in total. The van der Waals surface area contributed by atoms with E-state index in [2.05, 4.69) is 53.7 Å². The number of hydrogen-bond donors (Lipinski definition) is 2. The Hall–Kier alpha value is -0.570. The Bertz CT molecular complexity index is 459. The molecule has 134 valence electrons. The molecule has 0 aliphatic rings. The number of aliphatic imine (C=N–C) groups is 1. The van der Waals surface area contributed by atoms with Crippen molar-refractivity contribution in [3.8, 4) is 0 Å². The van der Waals surface area contributed by atoms with E-state index in [0.29, 0.717) is 12.6 Å². The van der Waals surface area contributed by atoms with Gasteiger partial charge in [-0.3, -0.25) is 0 Å². The Labute approximate surface area is 162 Å². The van der Waals surface area contributed by atoms with Crippen LogP contribution in [0, 0.1) is 5.92 Å². The van der Waals surface area contributed by atoms with Crippen molar-refractivity contribution in [1.82, 2.24) is 15.6 Å². The molecule has 0 saturated carbocycles. The van der Waals surface area contributed by atoms with E-state index < -0.39 is 0 Å². The van der Waals surface area contributed by atoms with E-state index >= 15 is 0 Å². The SMILES string of the molecule is CCNC(=NCc1csc(N(C)C)n1)NC(C)CCC(C)C.I. The first-order valence-electron chi connectivity index (χ1n) is 8.09. The van der Waals surface area contributed by atoms with Crippen LogP contribution in [0.1, 0.15) is 46.2 Å². The van der Waals surface area contributed by atoms with Gasteiger partial charge >= 0.3 is 0 Å². The smallest absolute Gasteiger partial charge is 0.191 e. The van der Waals surface area contributed by atoms with Crippen molar-refractivity contribution in [1.29, 1.82) is 0 Å². The first kappa shape index (κ1) is 22.4. The fraction of sp³-hybridized carbons (Fsp3) is 0.750. The maximum Gasteiger partial charge on any atom is 0.191 e. The molecule has 7 heteroatoms. The van der Waals surface area contributed by atoms with Gasteiger partial charge in [-0.25, -0.2) is 9.98 Å². The van der Waals surface area contributed by atoms with E-state index in [9.17, 15) is 0 Å². The molecule has 2 N–H and O–H groups in total. The van der Waals surface area contributed by atoms with Crippen LogP contribution in [0.5, 0.6) is 0 Å². The predicted octanol–water partition coefficient (Wildman–Crippen LogP) is 3.71.